The summed E-state index contributed by atoms with van der Waals surface area (Å²) in [4.78, 5) is 11.8. The molecule has 6 nitrogen and oxygen atoms in total. The molecule has 1 unspecified atom stereocenters. The van der Waals surface area contributed by atoms with Crippen molar-refractivity contribution < 1.29 is 9.90 Å². The molecule has 0 aliphatic rings. The summed E-state index contributed by atoms with van der Waals surface area (Å²) in [6.45, 7) is 6.93. The Morgan fingerprint density at radius 2 is 2.20 bits per heavy atom. The number of aliphatic hydroxyl groups is 1. The van der Waals surface area contributed by atoms with E-state index in [1.807, 2.05) is 20.0 Å². The molecule has 0 saturated carbocycles. The van der Waals surface area contributed by atoms with Gasteiger partial charge in [-0.3, -0.25) is 10.00 Å². The fourth-order valence-corrected chi connectivity index (χ4v) is 2.17. The van der Waals surface area contributed by atoms with E-state index in [4.69, 9.17) is 5.11 Å². The van der Waals surface area contributed by atoms with Gasteiger partial charge in [0.2, 0.25) is 0 Å². The summed E-state index contributed by atoms with van der Waals surface area (Å²) in [5, 5.41) is 18.8. The summed E-state index contributed by atoms with van der Waals surface area (Å²) in [6, 6.07) is 1.56. The molecule has 1 heterocycles. The summed E-state index contributed by atoms with van der Waals surface area (Å²) < 4.78 is 1.71. The first-order valence-corrected chi connectivity index (χ1v) is 7.08. The van der Waals surface area contributed by atoms with Gasteiger partial charge in [-0.05, 0) is 31.6 Å². The third-order valence-corrected chi connectivity index (χ3v) is 3.25. The molecule has 20 heavy (non-hydrogen) atoms. The molecule has 1 atom stereocenters. The van der Waals surface area contributed by atoms with Gasteiger partial charge in [-0.1, -0.05) is 13.8 Å². The van der Waals surface area contributed by atoms with Crippen molar-refractivity contribution in [3.63, 3.8) is 0 Å². The van der Waals surface area contributed by atoms with E-state index in [1.165, 1.54) is 0 Å². The number of amides is 2. The zero-order chi connectivity index (χ0) is 15.1. The molecule has 114 valence electrons. The summed E-state index contributed by atoms with van der Waals surface area (Å²) in [5.41, 5.74) is 0.985. The van der Waals surface area contributed by atoms with E-state index >= 15 is 0 Å². The predicted molar refractivity (Wildman–Crippen MR) is 79.6 cm³/mol. The van der Waals surface area contributed by atoms with Crippen LogP contribution in [0.2, 0.25) is 0 Å². The SMILES string of the molecule is Cc1cc(NC(=O)NCC(CCO)CC(C)C)nn1C. The van der Waals surface area contributed by atoms with Crippen molar-refractivity contribution in [3.05, 3.63) is 11.8 Å². The summed E-state index contributed by atoms with van der Waals surface area (Å²) in [7, 11) is 1.83. The molecule has 6 heteroatoms. The molecule has 2 amide bonds. The van der Waals surface area contributed by atoms with Crippen molar-refractivity contribution in [1.29, 1.82) is 0 Å². The number of rotatable bonds is 7. The number of hydrogen-bond donors (Lipinski definition) is 3. The van der Waals surface area contributed by atoms with Gasteiger partial charge in [-0.15, -0.1) is 0 Å². The minimum Gasteiger partial charge on any atom is -0.396 e. The van der Waals surface area contributed by atoms with E-state index in [-0.39, 0.29) is 12.6 Å². The molecule has 0 aliphatic carbocycles. The number of aryl methyl sites for hydroxylation is 2. The van der Waals surface area contributed by atoms with Crippen LogP contribution in [0.5, 0.6) is 0 Å². The van der Waals surface area contributed by atoms with Crippen LogP contribution in [-0.2, 0) is 7.05 Å². The normalized spacial score (nSPS) is 12.5. The third kappa shape index (κ3) is 5.61. The molecule has 0 saturated heterocycles. The third-order valence-electron chi connectivity index (χ3n) is 3.25. The quantitative estimate of drug-likeness (QED) is 0.714. The molecular weight excluding hydrogens is 256 g/mol. The van der Waals surface area contributed by atoms with Gasteiger partial charge in [0.1, 0.15) is 0 Å². The van der Waals surface area contributed by atoms with Crippen molar-refractivity contribution >= 4 is 11.8 Å². The van der Waals surface area contributed by atoms with Gasteiger partial charge < -0.3 is 10.4 Å². The maximum absolute atomic E-state index is 11.8. The van der Waals surface area contributed by atoms with Crippen LogP contribution in [-0.4, -0.2) is 34.1 Å². The Morgan fingerprint density at radius 1 is 1.50 bits per heavy atom. The maximum Gasteiger partial charge on any atom is 0.320 e. The van der Waals surface area contributed by atoms with Crippen LogP contribution < -0.4 is 10.6 Å². The first-order valence-electron chi connectivity index (χ1n) is 7.08. The Kier molecular flexibility index (Phi) is 6.51. The minimum atomic E-state index is -0.255. The summed E-state index contributed by atoms with van der Waals surface area (Å²) >= 11 is 0. The van der Waals surface area contributed by atoms with Crippen molar-refractivity contribution in [2.45, 2.75) is 33.6 Å². The molecular formula is C14H26N4O2. The fourth-order valence-electron chi connectivity index (χ4n) is 2.17. The van der Waals surface area contributed by atoms with Crippen LogP contribution in [0.1, 0.15) is 32.4 Å². The second kappa shape index (κ2) is 7.89. The number of aliphatic hydroxyl groups excluding tert-OH is 1. The lowest BCUT2D eigenvalue weighted by Crippen LogP contribution is -2.34. The molecule has 1 rings (SSSR count). The maximum atomic E-state index is 11.8. The Bertz CT molecular complexity index is 409. The lowest BCUT2D eigenvalue weighted by Gasteiger charge is -2.18. The Morgan fingerprint density at radius 3 is 2.70 bits per heavy atom. The van der Waals surface area contributed by atoms with E-state index in [1.54, 1.807) is 4.68 Å². The Balaban J connectivity index is 2.40. The highest BCUT2D eigenvalue weighted by Gasteiger charge is 2.12. The van der Waals surface area contributed by atoms with E-state index in [0.717, 1.165) is 12.1 Å². The smallest absolute Gasteiger partial charge is 0.320 e. The molecule has 0 spiro atoms. The van der Waals surface area contributed by atoms with Crippen LogP contribution in [0, 0.1) is 18.8 Å². The Labute approximate surface area is 120 Å². The zero-order valence-corrected chi connectivity index (χ0v) is 12.8. The van der Waals surface area contributed by atoms with Crippen LogP contribution >= 0.6 is 0 Å². The number of anilines is 1. The minimum absolute atomic E-state index is 0.153. The number of nitrogens with zero attached hydrogens (tertiary/aromatic N) is 2. The topological polar surface area (TPSA) is 79.2 Å². The second-order valence-corrected chi connectivity index (χ2v) is 5.64. The lowest BCUT2D eigenvalue weighted by molar-refractivity contribution is 0.231. The van der Waals surface area contributed by atoms with Gasteiger partial charge in [0.15, 0.2) is 5.82 Å². The molecule has 3 N–H and O–H groups in total. The molecule has 0 aromatic carbocycles. The first-order chi connectivity index (χ1) is 9.42. The second-order valence-electron chi connectivity index (χ2n) is 5.64. The zero-order valence-electron chi connectivity index (χ0n) is 12.8. The van der Waals surface area contributed by atoms with Gasteiger partial charge in [-0.2, -0.15) is 5.10 Å². The van der Waals surface area contributed by atoms with E-state index in [0.29, 0.717) is 30.6 Å². The highest BCUT2D eigenvalue weighted by atomic mass is 16.3. The molecule has 0 aliphatic heterocycles. The summed E-state index contributed by atoms with van der Waals surface area (Å²) in [5.74, 6) is 1.40. The summed E-state index contributed by atoms with van der Waals surface area (Å²) in [6.07, 6.45) is 1.70. The van der Waals surface area contributed by atoms with Crippen molar-refractivity contribution in [3.8, 4) is 0 Å². The van der Waals surface area contributed by atoms with Crippen molar-refractivity contribution in [1.82, 2.24) is 15.1 Å². The predicted octanol–water partition coefficient (Wildman–Crippen LogP) is 1.89. The van der Waals surface area contributed by atoms with Crippen LogP contribution in [0.25, 0.3) is 0 Å². The van der Waals surface area contributed by atoms with Crippen molar-refractivity contribution in [2.24, 2.45) is 18.9 Å². The fraction of sp³-hybridized carbons (Fsp3) is 0.714. The largest absolute Gasteiger partial charge is 0.396 e. The number of urea groups is 1. The van der Waals surface area contributed by atoms with Crippen LogP contribution in [0.3, 0.4) is 0 Å². The highest BCUT2D eigenvalue weighted by Crippen LogP contribution is 2.14. The van der Waals surface area contributed by atoms with Crippen LogP contribution in [0.4, 0.5) is 10.6 Å². The monoisotopic (exact) mass is 282 g/mol. The first kappa shape index (κ1) is 16.5. The molecule has 1 aromatic rings. The highest BCUT2D eigenvalue weighted by molar-refractivity contribution is 5.88. The van der Waals surface area contributed by atoms with Crippen molar-refractivity contribution in [2.75, 3.05) is 18.5 Å². The molecule has 0 radical (unpaired) electrons. The molecule has 0 bridgehead atoms. The van der Waals surface area contributed by atoms with Gasteiger partial charge >= 0.3 is 6.03 Å². The van der Waals surface area contributed by atoms with E-state index < -0.39 is 0 Å². The number of hydrogen-bond acceptors (Lipinski definition) is 3. The molecule has 1 aromatic heterocycles. The molecule has 0 fully saturated rings. The Hall–Kier alpha value is -1.56. The standard InChI is InChI=1S/C14H26N4O2/c1-10(2)7-12(5-6-19)9-15-14(20)16-13-8-11(3)18(4)17-13/h8,10,12,19H,5-7,9H2,1-4H3,(H2,15,16,17,20). The number of carbonyl (C=O) groups is 1. The van der Waals surface area contributed by atoms with E-state index in [9.17, 15) is 4.79 Å². The van der Waals surface area contributed by atoms with Gasteiger partial charge in [0.05, 0.1) is 0 Å². The average Bonchev–Trinajstić information content (AvgIpc) is 2.65. The van der Waals surface area contributed by atoms with Gasteiger partial charge in [0.25, 0.3) is 0 Å². The lowest BCUT2D eigenvalue weighted by atomic mass is 9.94. The van der Waals surface area contributed by atoms with Gasteiger partial charge in [0, 0.05) is 32.0 Å². The number of nitrogens with one attached hydrogen (secondary N) is 2. The number of carbonyl (C=O) groups excluding carboxylic acids is 1. The van der Waals surface area contributed by atoms with Gasteiger partial charge in [-0.25, -0.2) is 4.79 Å². The van der Waals surface area contributed by atoms with E-state index in [2.05, 4.69) is 29.6 Å². The number of aromatic nitrogens is 2. The average molecular weight is 282 g/mol. The van der Waals surface area contributed by atoms with Crippen LogP contribution in [0.15, 0.2) is 6.07 Å².